The first-order valence-electron chi connectivity index (χ1n) is 7.40. The van der Waals surface area contributed by atoms with Gasteiger partial charge in [-0.25, -0.2) is 0 Å². The standard InChI is InChI=1S/C18H21NO2S/c1-12-6-7-13(2)15(11-12)14(3)19-18(21)9-8-16(20)17-5-4-10-22-17/h4-7,10-11,14H,8-9H2,1-3H3,(H,19,21). The van der Waals surface area contributed by atoms with Crippen molar-refractivity contribution in [2.75, 3.05) is 0 Å². The number of benzene rings is 1. The van der Waals surface area contributed by atoms with Crippen molar-refractivity contribution in [3.8, 4) is 0 Å². The quantitative estimate of drug-likeness (QED) is 0.812. The SMILES string of the molecule is Cc1ccc(C)c(C(C)NC(=O)CCC(=O)c2cccs2)c1. The van der Waals surface area contributed by atoms with E-state index < -0.39 is 0 Å². The molecule has 22 heavy (non-hydrogen) atoms. The topological polar surface area (TPSA) is 46.2 Å². The predicted octanol–water partition coefficient (Wildman–Crippen LogP) is 4.21. The lowest BCUT2D eigenvalue weighted by atomic mass is 10.00. The third kappa shape index (κ3) is 4.28. The fourth-order valence-electron chi connectivity index (χ4n) is 2.41. The van der Waals surface area contributed by atoms with Crippen LogP contribution in [0.15, 0.2) is 35.7 Å². The lowest BCUT2D eigenvalue weighted by Crippen LogP contribution is -2.27. The summed E-state index contributed by atoms with van der Waals surface area (Å²) in [4.78, 5) is 24.7. The number of aryl methyl sites for hydroxylation is 2. The van der Waals surface area contributed by atoms with Gasteiger partial charge in [0.05, 0.1) is 10.9 Å². The van der Waals surface area contributed by atoms with Crippen LogP contribution < -0.4 is 5.32 Å². The molecule has 1 aromatic carbocycles. The van der Waals surface area contributed by atoms with E-state index in [0.717, 1.165) is 16.0 Å². The van der Waals surface area contributed by atoms with Gasteiger partial charge >= 0.3 is 0 Å². The lowest BCUT2D eigenvalue weighted by Gasteiger charge is -2.17. The van der Waals surface area contributed by atoms with E-state index in [1.54, 1.807) is 6.07 Å². The molecule has 0 aliphatic carbocycles. The van der Waals surface area contributed by atoms with Crippen LogP contribution in [0.3, 0.4) is 0 Å². The molecule has 1 N–H and O–H groups in total. The summed E-state index contributed by atoms with van der Waals surface area (Å²) in [5, 5.41) is 4.85. The van der Waals surface area contributed by atoms with Crippen LogP contribution in [0.2, 0.25) is 0 Å². The van der Waals surface area contributed by atoms with Gasteiger partial charge in [-0.1, -0.05) is 29.8 Å². The Balaban J connectivity index is 1.89. The van der Waals surface area contributed by atoms with Crippen molar-refractivity contribution >= 4 is 23.0 Å². The number of amides is 1. The van der Waals surface area contributed by atoms with E-state index in [1.807, 2.05) is 32.2 Å². The van der Waals surface area contributed by atoms with Crippen LogP contribution >= 0.6 is 11.3 Å². The summed E-state index contributed by atoms with van der Waals surface area (Å²) >= 11 is 1.42. The molecule has 1 heterocycles. The zero-order chi connectivity index (χ0) is 16.1. The van der Waals surface area contributed by atoms with Gasteiger partial charge in [-0.3, -0.25) is 9.59 Å². The molecule has 2 rings (SSSR count). The number of Topliss-reactive ketones (excluding diaryl/α,β-unsaturated/α-hetero) is 1. The third-order valence-electron chi connectivity index (χ3n) is 3.65. The Labute approximate surface area is 135 Å². The molecule has 2 aromatic rings. The van der Waals surface area contributed by atoms with Gasteiger partial charge in [0.25, 0.3) is 0 Å². The number of hydrogen-bond donors (Lipinski definition) is 1. The zero-order valence-corrected chi connectivity index (χ0v) is 14.0. The molecule has 0 radical (unpaired) electrons. The number of ketones is 1. The average molecular weight is 315 g/mol. The van der Waals surface area contributed by atoms with Gasteiger partial charge in [-0.05, 0) is 43.3 Å². The first kappa shape index (κ1) is 16.4. The summed E-state index contributed by atoms with van der Waals surface area (Å²) in [5.74, 6) is -0.0529. The second-order valence-electron chi connectivity index (χ2n) is 5.55. The minimum atomic E-state index is -0.0849. The Morgan fingerprint density at radius 3 is 2.64 bits per heavy atom. The molecule has 0 bridgehead atoms. The van der Waals surface area contributed by atoms with Crippen LogP contribution in [0.25, 0.3) is 0 Å². The summed E-state index contributed by atoms with van der Waals surface area (Å²) in [6.45, 7) is 6.05. The van der Waals surface area contributed by atoms with E-state index in [-0.39, 0.29) is 30.6 Å². The van der Waals surface area contributed by atoms with Crippen molar-refractivity contribution in [2.24, 2.45) is 0 Å². The fraction of sp³-hybridized carbons (Fsp3) is 0.333. The van der Waals surface area contributed by atoms with Crippen LogP contribution in [-0.2, 0) is 4.79 Å². The lowest BCUT2D eigenvalue weighted by molar-refractivity contribution is -0.121. The molecule has 0 saturated carbocycles. The first-order valence-corrected chi connectivity index (χ1v) is 8.28. The molecule has 0 fully saturated rings. The molecule has 0 saturated heterocycles. The fourth-order valence-corrected chi connectivity index (χ4v) is 3.10. The molecule has 0 aliphatic rings. The molecule has 0 aliphatic heterocycles. The molecule has 4 heteroatoms. The number of carbonyl (C=O) groups excluding carboxylic acids is 2. The van der Waals surface area contributed by atoms with Crippen LogP contribution in [0, 0.1) is 13.8 Å². The van der Waals surface area contributed by atoms with E-state index in [9.17, 15) is 9.59 Å². The predicted molar refractivity (Wildman–Crippen MR) is 90.4 cm³/mol. The van der Waals surface area contributed by atoms with Crippen molar-refractivity contribution in [1.29, 1.82) is 0 Å². The van der Waals surface area contributed by atoms with E-state index in [0.29, 0.717) is 0 Å². The van der Waals surface area contributed by atoms with Crippen LogP contribution in [0.5, 0.6) is 0 Å². The number of carbonyl (C=O) groups is 2. The molecule has 1 unspecified atom stereocenters. The van der Waals surface area contributed by atoms with Gasteiger partial charge in [0.15, 0.2) is 5.78 Å². The maximum Gasteiger partial charge on any atom is 0.220 e. The van der Waals surface area contributed by atoms with Crippen LogP contribution in [0.1, 0.15) is 52.2 Å². The van der Waals surface area contributed by atoms with E-state index >= 15 is 0 Å². The summed E-state index contributed by atoms with van der Waals surface area (Å²) in [5.41, 5.74) is 3.46. The van der Waals surface area contributed by atoms with Crippen molar-refractivity contribution in [3.05, 3.63) is 57.3 Å². The summed E-state index contributed by atoms with van der Waals surface area (Å²) < 4.78 is 0. The first-order chi connectivity index (χ1) is 10.5. The van der Waals surface area contributed by atoms with Crippen molar-refractivity contribution in [1.82, 2.24) is 5.32 Å². The Kier molecular flexibility index (Phi) is 5.50. The molecule has 116 valence electrons. The second kappa shape index (κ2) is 7.36. The van der Waals surface area contributed by atoms with Gasteiger partial charge in [-0.15, -0.1) is 11.3 Å². The van der Waals surface area contributed by atoms with E-state index in [1.165, 1.54) is 16.9 Å². The van der Waals surface area contributed by atoms with Gasteiger partial charge in [0.2, 0.25) is 5.91 Å². The Bertz CT molecular complexity index is 662. The summed E-state index contributed by atoms with van der Waals surface area (Å²) in [7, 11) is 0. The van der Waals surface area contributed by atoms with Gasteiger partial charge in [0, 0.05) is 12.8 Å². The number of rotatable bonds is 6. The molecule has 1 amide bonds. The van der Waals surface area contributed by atoms with Crippen molar-refractivity contribution in [3.63, 3.8) is 0 Å². The normalized spacial score (nSPS) is 12.0. The molecule has 3 nitrogen and oxygen atoms in total. The highest BCUT2D eigenvalue weighted by Crippen LogP contribution is 2.19. The smallest absolute Gasteiger partial charge is 0.220 e. The van der Waals surface area contributed by atoms with E-state index in [2.05, 4.69) is 23.5 Å². The summed E-state index contributed by atoms with van der Waals surface area (Å²) in [6, 6.07) is 9.81. The Morgan fingerprint density at radius 1 is 1.18 bits per heavy atom. The minimum absolute atomic E-state index is 0.0320. The molecular formula is C18H21NO2S. The van der Waals surface area contributed by atoms with E-state index in [4.69, 9.17) is 0 Å². The Morgan fingerprint density at radius 2 is 1.95 bits per heavy atom. The number of thiophene rings is 1. The number of nitrogens with one attached hydrogen (secondary N) is 1. The highest BCUT2D eigenvalue weighted by atomic mass is 32.1. The van der Waals surface area contributed by atoms with Crippen molar-refractivity contribution < 1.29 is 9.59 Å². The van der Waals surface area contributed by atoms with Crippen LogP contribution in [-0.4, -0.2) is 11.7 Å². The largest absolute Gasteiger partial charge is 0.350 e. The minimum Gasteiger partial charge on any atom is -0.350 e. The highest BCUT2D eigenvalue weighted by Gasteiger charge is 2.14. The maximum absolute atomic E-state index is 12.0. The maximum atomic E-state index is 12.0. The second-order valence-corrected chi connectivity index (χ2v) is 6.50. The van der Waals surface area contributed by atoms with Crippen molar-refractivity contribution in [2.45, 2.75) is 39.7 Å². The molecule has 1 atom stereocenters. The van der Waals surface area contributed by atoms with Gasteiger partial charge in [-0.2, -0.15) is 0 Å². The molecular weight excluding hydrogens is 294 g/mol. The Hall–Kier alpha value is -1.94. The van der Waals surface area contributed by atoms with Gasteiger partial charge in [0.1, 0.15) is 0 Å². The highest BCUT2D eigenvalue weighted by molar-refractivity contribution is 7.12. The third-order valence-corrected chi connectivity index (χ3v) is 4.56. The zero-order valence-electron chi connectivity index (χ0n) is 13.2. The van der Waals surface area contributed by atoms with Crippen LogP contribution in [0.4, 0.5) is 0 Å². The van der Waals surface area contributed by atoms with Gasteiger partial charge < -0.3 is 5.32 Å². The monoisotopic (exact) mass is 315 g/mol. The number of hydrogen-bond acceptors (Lipinski definition) is 3. The summed E-state index contributed by atoms with van der Waals surface area (Å²) in [6.07, 6.45) is 0.484. The molecule has 1 aromatic heterocycles. The average Bonchev–Trinajstić information content (AvgIpc) is 3.01. The molecule has 0 spiro atoms.